The zero-order chi connectivity index (χ0) is 19.4. The van der Waals surface area contributed by atoms with Gasteiger partial charge in [0, 0.05) is 17.5 Å². The third kappa shape index (κ3) is 4.75. The fourth-order valence-corrected chi connectivity index (χ4v) is 3.75. The molecule has 0 spiro atoms. The fraction of sp³-hybridized carbons (Fsp3) is 0.500. The Morgan fingerprint density at radius 1 is 0.815 bits per heavy atom. The molecule has 2 fully saturated rings. The number of hydrogen-bond donors (Lipinski definition) is 2. The number of ketones is 2. The Morgan fingerprint density at radius 3 is 2.00 bits per heavy atom. The minimum atomic E-state index is -0.599. The van der Waals surface area contributed by atoms with Gasteiger partial charge in [0.2, 0.25) is 11.8 Å². The summed E-state index contributed by atoms with van der Waals surface area (Å²) in [4.78, 5) is 48.8. The van der Waals surface area contributed by atoms with Crippen LogP contribution in [0.5, 0.6) is 0 Å². The fourth-order valence-electron chi connectivity index (χ4n) is 3.53. The maximum Gasteiger partial charge on any atom is 0.238 e. The molecule has 0 radical (unpaired) electrons. The lowest BCUT2D eigenvalue weighted by Gasteiger charge is -2.16. The van der Waals surface area contributed by atoms with Crippen LogP contribution in [0.25, 0.3) is 0 Å². The van der Waals surface area contributed by atoms with E-state index in [9.17, 15) is 19.2 Å². The average Bonchev–Trinajstić information content (AvgIpc) is 2.99. The van der Waals surface area contributed by atoms with Gasteiger partial charge in [-0.1, -0.05) is 30.7 Å². The summed E-state index contributed by atoms with van der Waals surface area (Å²) >= 11 is 5.95. The Kier molecular flexibility index (Phi) is 6.26. The molecule has 2 aliphatic heterocycles. The van der Waals surface area contributed by atoms with Gasteiger partial charge in [-0.2, -0.15) is 0 Å². The molecule has 2 amide bonds. The van der Waals surface area contributed by atoms with E-state index in [1.54, 1.807) is 24.3 Å². The molecule has 144 valence electrons. The molecule has 2 heterocycles. The van der Waals surface area contributed by atoms with Crippen LogP contribution in [-0.2, 0) is 9.59 Å². The molecular formula is C20H23ClN2O4. The van der Waals surface area contributed by atoms with Crippen molar-refractivity contribution in [3.63, 3.8) is 0 Å². The van der Waals surface area contributed by atoms with E-state index in [1.807, 2.05) is 0 Å². The Balaban J connectivity index is 1.69. The number of nitrogens with one attached hydrogen (secondary N) is 2. The van der Waals surface area contributed by atoms with E-state index in [1.165, 1.54) is 0 Å². The molecule has 2 saturated heterocycles. The molecule has 27 heavy (non-hydrogen) atoms. The zero-order valence-electron chi connectivity index (χ0n) is 15.0. The number of amides is 2. The number of hydrogen-bond acceptors (Lipinski definition) is 4. The molecule has 7 heteroatoms. The highest BCUT2D eigenvalue weighted by atomic mass is 35.5. The van der Waals surface area contributed by atoms with E-state index in [2.05, 4.69) is 10.6 Å². The van der Waals surface area contributed by atoms with Crippen LogP contribution in [0.1, 0.15) is 65.7 Å². The average molecular weight is 391 g/mol. The molecule has 0 aliphatic carbocycles. The van der Waals surface area contributed by atoms with Gasteiger partial charge in [0.15, 0.2) is 11.6 Å². The third-order valence-corrected chi connectivity index (χ3v) is 5.54. The van der Waals surface area contributed by atoms with Gasteiger partial charge in [-0.25, -0.2) is 0 Å². The van der Waals surface area contributed by atoms with E-state index in [0.717, 1.165) is 12.8 Å². The summed E-state index contributed by atoms with van der Waals surface area (Å²) in [5.41, 5.74) is 0.902. The number of carbonyl (C=O) groups is 4. The van der Waals surface area contributed by atoms with Gasteiger partial charge in [0.1, 0.15) is 5.38 Å². The van der Waals surface area contributed by atoms with E-state index in [4.69, 9.17) is 11.6 Å². The summed E-state index contributed by atoms with van der Waals surface area (Å²) < 4.78 is 0. The Bertz CT molecular complexity index is 747. The normalized spacial score (nSPS) is 26.3. The summed E-state index contributed by atoms with van der Waals surface area (Å²) in [6.45, 7) is 0. The maximum atomic E-state index is 12.7. The van der Waals surface area contributed by atoms with E-state index < -0.39 is 17.5 Å². The van der Waals surface area contributed by atoms with Crippen LogP contribution in [-0.4, -0.2) is 40.8 Å². The lowest BCUT2D eigenvalue weighted by molar-refractivity contribution is -0.121. The van der Waals surface area contributed by atoms with E-state index >= 15 is 0 Å². The first-order valence-corrected chi connectivity index (χ1v) is 9.81. The van der Waals surface area contributed by atoms with Crippen LogP contribution in [0.4, 0.5) is 0 Å². The predicted octanol–water partition coefficient (Wildman–Crippen LogP) is 2.39. The largest absolute Gasteiger partial charge is 0.346 e. The molecule has 3 atom stereocenters. The lowest BCUT2D eigenvalue weighted by atomic mass is 9.96. The minimum Gasteiger partial charge on any atom is -0.346 e. The van der Waals surface area contributed by atoms with Gasteiger partial charge < -0.3 is 10.6 Å². The topological polar surface area (TPSA) is 92.3 Å². The number of carbonyl (C=O) groups excluding carboxylic acids is 4. The second kappa shape index (κ2) is 8.65. The summed E-state index contributed by atoms with van der Waals surface area (Å²) in [6.07, 6.45) is 4.49. The smallest absolute Gasteiger partial charge is 0.238 e. The first-order valence-electron chi connectivity index (χ1n) is 9.38. The highest BCUT2D eigenvalue weighted by molar-refractivity contribution is 6.31. The van der Waals surface area contributed by atoms with Crippen molar-refractivity contribution < 1.29 is 19.2 Å². The number of alkyl halides is 1. The standard InChI is InChI=1S/C20H23ClN2O4/c21-14-4-3-6-16(23-20(14)27)19(26)13-10-8-12(9-11-13)18(25)15-5-1-2-7-17(24)22-15/h8-11,14-16H,1-7H2,(H,22,24)(H,23,27). The molecule has 3 rings (SSSR count). The van der Waals surface area contributed by atoms with Crippen molar-refractivity contribution in [3.05, 3.63) is 35.4 Å². The number of benzene rings is 1. The van der Waals surface area contributed by atoms with Crippen LogP contribution in [0.15, 0.2) is 24.3 Å². The quantitative estimate of drug-likeness (QED) is 0.609. The van der Waals surface area contributed by atoms with Crippen LogP contribution in [0.3, 0.4) is 0 Å². The monoisotopic (exact) mass is 390 g/mol. The minimum absolute atomic E-state index is 0.0978. The van der Waals surface area contributed by atoms with Gasteiger partial charge in [-0.05, 0) is 32.1 Å². The van der Waals surface area contributed by atoms with Crippen molar-refractivity contribution in [3.8, 4) is 0 Å². The van der Waals surface area contributed by atoms with Crippen LogP contribution in [0, 0.1) is 0 Å². The van der Waals surface area contributed by atoms with Crippen molar-refractivity contribution in [2.75, 3.05) is 0 Å². The zero-order valence-corrected chi connectivity index (χ0v) is 15.8. The van der Waals surface area contributed by atoms with Crippen molar-refractivity contribution in [2.45, 2.75) is 62.4 Å². The second-order valence-corrected chi connectivity index (χ2v) is 7.66. The Labute approximate surface area is 163 Å². The van der Waals surface area contributed by atoms with Crippen molar-refractivity contribution in [1.29, 1.82) is 0 Å². The lowest BCUT2D eigenvalue weighted by Crippen LogP contribution is -2.42. The first kappa shape index (κ1) is 19.5. The Hall–Kier alpha value is -2.21. The summed E-state index contributed by atoms with van der Waals surface area (Å²) in [5, 5.41) is 4.86. The molecule has 0 aromatic heterocycles. The van der Waals surface area contributed by atoms with Gasteiger partial charge in [-0.3, -0.25) is 19.2 Å². The maximum absolute atomic E-state index is 12.7. The van der Waals surface area contributed by atoms with Crippen LogP contribution in [0.2, 0.25) is 0 Å². The van der Waals surface area contributed by atoms with E-state index in [-0.39, 0.29) is 23.4 Å². The molecular weight excluding hydrogens is 368 g/mol. The molecule has 0 bridgehead atoms. The van der Waals surface area contributed by atoms with Crippen molar-refractivity contribution in [2.24, 2.45) is 0 Å². The molecule has 2 aliphatic rings. The first-order chi connectivity index (χ1) is 13.0. The highest BCUT2D eigenvalue weighted by Crippen LogP contribution is 2.19. The van der Waals surface area contributed by atoms with Crippen molar-refractivity contribution in [1.82, 2.24) is 10.6 Å². The molecule has 0 saturated carbocycles. The third-order valence-electron chi connectivity index (χ3n) is 5.12. The van der Waals surface area contributed by atoms with Gasteiger partial charge in [-0.15, -0.1) is 11.6 Å². The SMILES string of the molecule is O=C1CCCCC(C(=O)c2ccc(C(=O)C3CCCC(Cl)C(=O)N3)cc2)N1. The molecule has 6 nitrogen and oxygen atoms in total. The summed E-state index contributed by atoms with van der Waals surface area (Å²) in [7, 11) is 0. The summed E-state index contributed by atoms with van der Waals surface area (Å²) in [5.74, 6) is -0.740. The second-order valence-electron chi connectivity index (χ2n) is 7.13. The predicted molar refractivity (Wildman–Crippen MR) is 101 cm³/mol. The van der Waals surface area contributed by atoms with Gasteiger partial charge in [0.05, 0.1) is 12.1 Å². The van der Waals surface area contributed by atoms with Gasteiger partial charge in [0.25, 0.3) is 0 Å². The Morgan fingerprint density at radius 2 is 1.37 bits per heavy atom. The summed E-state index contributed by atoms with van der Waals surface area (Å²) in [6, 6.07) is 5.31. The molecule has 1 aromatic carbocycles. The number of Topliss-reactive ketones (excluding diaryl/α,β-unsaturated/α-hetero) is 2. The van der Waals surface area contributed by atoms with E-state index in [0.29, 0.717) is 43.2 Å². The van der Waals surface area contributed by atoms with Crippen LogP contribution >= 0.6 is 11.6 Å². The highest BCUT2D eigenvalue weighted by Gasteiger charge is 2.29. The van der Waals surface area contributed by atoms with Crippen LogP contribution < -0.4 is 10.6 Å². The molecule has 3 unspecified atom stereocenters. The van der Waals surface area contributed by atoms with Crippen molar-refractivity contribution >= 4 is 35.0 Å². The number of rotatable bonds is 4. The molecule has 2 N–H and O–H groups in total. The molecule has 1 aromatic rings. The number of halogens is 1. The van der Waals surface area contributed by atoms with Gasteiger partial charge >= 0.3 is 0 Å².